The summed E-state index contributed by atoms with van der Waals surface area (Å²) in [7, 11) is 0. The van der Waals surface area contributed by atoms with E-state index in [2.05, 4.69) is 22.2 Å². The van der Waals surface area contributed by atoms with Crippen LogP contribution >= 0.6 is 0 Å². The number of hydrogen-bond acceptors (Lipinski definition) is 3. The maximum absolute atomic E-state index is 4.37. The summed E-state index contributed by atoms with van der Waals surface area (Å²) in [4.78, 5) is 8.63. The zero-order chi connectivity index (χ0) is 10.7. The molecule has 3 nitrogen and oxygen atoms in total. The van der Waals surface area contributed by atoms with Crippen molar-refractivity contribution in [1.29, 1.82) is 0 Å². The molecule has 0 aliphatic heterocycles. The van der Waals surface area contributed by atoms with Crippen LogP contribution in [0.25, 0.3) is 0 Å². The van der Waals surface area contributed by atoms with Crippen LogP contribution in [0.15, 0.2) is 12.4 Å². The Balaban J connectivity index is 1.89. The summed E-state index contributed by atoms with van der Waals surface area (Å²) in [6, 6.07) is 0.319. The average Bonchev–Trinajstić information content (AvgIpc) is 2.16. The predicted molar refractivity (Wildman–Crippen MR) is 60.5 cm³/mol. The van der Waals surface area contributed by atoms with Crippen LogP contribution in [0.5, 0.6) is 0 Å². The van der Waals surface area contributed by atoms with E-state index in [1.54, 1.807) is 12.4 Å². The smallest absolute Gasteiger partial charge is 0.0782 e. The van der Waals surface area contributed by atoms with Crippen LogP contribution in [-0.4, -0.2) is 16.5 Å². The Hall–Kier alpha value is -0.960. The number of nitrogens with zero attached hydrogens (tertiary/aromatic N) is 2. The molecule has 0 radical (unpaired) electrons. The minimum atomic E-state index is 0.319. The fraction of sp³-hybridized carbons (Fsp3) is 0.667. The Kier molecular flexibility index (Phi) is 3.31. The van der Waals surface area contributed by atoms with Gasteiger partial charge in [0, 0.05) is 18.4 Å². The van der Waals surface area contributed by atoms with Gasteiger partial charge in [0.05, 0.1) is 11.4 Å². The van der Waals surface area contributed by atoms with Gasteiger partial charge in [0.25, 0.3) is 0 Å². The summed E-state index contributed by atoms with van der Waals surface area (Å²) in [6.45, 7) is 5.30. The fourth-order valence-corrected chi connectivity index (χ4v) is 1.98. The fourth-order valence-electron chi connectivity index (χ4n) is 1.98. The van der Waals surface area contributed by atoms with Crippen molar-refractivity contribution >= 4 is 0 Å². The normalized spacial score (nSPS) is 18.5. The largest absolute Gasteiger partial charge is 0.309 e. The third-order valence-electron chi connectivity index (χ3n) is 3.27. The van der Waals surface area contributed by atoms with Gasteiger partial charge in [-0.3, -0.25) is 9.97 Å². The van der Waals surface area contributed by atoms with Crippen molar-refractivity contribution in [3.63, 3.8) is 0 Å². The highest BCUT2D eigenvalue weighted by Crippen LogP contribution is 2.26. The number of rotatable bonds is 4. The van der Waals surface area contributed by atoms with E-state index in [-0.39, 0.29) is 0 Å². The lowest BCUT2D eigenvalue weighted by atomic mass is 9.85. The molecule has 0 saturated heterocycles. The number of hydrogen-bond donors (Lipinski definition) is 1. The minimum Gasteiger partial charge on any atom is -0.309 e. The summed E-state index contributed by atoms with van der Waals surface area (Å²) >= 11 is 0. The highest BCUT2D eigenvalue weighted by Gasteiger charge is 2.18. The molecule has 1 aromatic heterocycles. The van der Waals surface area contributed by atoms with Crippen molar-refractivity contribution in [3.05, 3.63) is 23.8 Å². The van der Waals surface area contributed by atoms with Crippen molar-refractivity contribution in [2.75, 3.05) is 6.54 Å². The molecule has 1 aliphatic rings. The lowest BCUT2D eigenvalue weighted by Crippen LogP contribution is -2.30. The van der Waals surface area contributed by atoms with Crippen LogP contribution in [0.4, 0.5) is 0 Å². The van der Waals surface area contributed by atoms with Crippen LogP contribution in [0, 0.1) is 12.8 Å². The minimum absolute atomic E-state index is 0.319. The first-order valence-electron chi connectivity index (χ1n) is 5.78. The van der Waals surface area contributed by atoms with E-state index in [0.29, 0.717) is 6.04 Å². The standard InChI is InChI=1S/C12H19N3/c1-9-12(14-7-6-13-9)10(2)15-8-11-4-3-5-11/h6-7,10-11,15H,3-5,8H2,1-2H3. The van der Waals surface area contributed by atoms with Crippen molar-refractivity contribution in [1.82, 2.24) is 15.3 Å². The monoisotopic (exact) mass is 205 g/mol. The molecule has 1 heterocycles. The molecular formula is C12H19N3. The molecule has 1 N–H and O–H groups in total. The summed E-state index contributed by atoms with van der Waals surface area (Å²) in [6.07, 6.45) is 7.70. The van der Waals surface area contributed by atoms with E-state index < -0.39 is 0 Å². The van der Waals surface area contributed by atoms with Crippen LogP contribution < -0.4 is 5.32 Å². The summed E-state index contributed by atoms with van der Waals surface area (Å²) in [5.74, 6) is 0.893. The van der Waals surface area contributed by atoms with Gasteiger partial charge in [-0.1, -0.05) is 6.42 Å². The third kappa shape index (κ3) is 2.53. The SMILES string of the molecule is Cc1nccnc1C(C)NCC1CCC1. The topological polar surface area (TPSA) is 37.8 Å². The maximum atomic E-state index is 4.37. The molecule has 0 spiro atoms. The summed E-state index contributed by atoms with van der Waals surface area (Å²) in [5.41, 5.74) is 2.11. The molecule has 1 unspecified atom stereocenters. The Morgan fingerprint density at radius 2 is 2.13 bits per heavy atom. The third-order valence-corrected chi connectivity index (χ3v) is 3.27. The van der Waals surface area contributed by atoms with E-state index in [0.717, 1.165) is 23.9 Å². The molecule has 1 aromatic rings. The van der Waals surface area contributed by atoms with E-state index in [1.165, 1.54) is 19.3 Å². The second-order valence-corrected chi connectivity index (χ2v) is 4.45. The second-order valence-electron chi connectivity index (χ2n) is 4.45. The molecular weight excluding hydrogens is 186 g/mol. The van der Waals surface area contributed by atoms with E-state index in [9.17, 15) is 0 Å². The quantitative estimate of drug-likeness (QED) is 0.819. The second kappa shape index (κ2) is 4.71. The maximum Gasteiger partial charge on any atom is 0.0782 e. The molecule has 82 valence electrons. The lowest BCUT2D eigenvalue weighted by molar-refractivity contribution is 0.291. The van der Waals surface area contributed by atoms with Gasteiger partial charge < -0.3 is 5.32 Å². The Morgan fingerprint density at radius 3 is 2.73 bits per heavy atom. The number of nitrogens with one attached hydrogen (secondary N) is 1. The zero-order valence-corrected chi connectivity index (χ0v) is 9.53. The molecule has 0 bridgehead atoms. The van der Waals surface area contributed by atoms with Crippen LogP contribution in [0.3, 0.4) is 0 Å². The van der Waals surface area contributed by atoms with Gasteiger partial charge in [-0.05, 0) is 39.2 Å². The Bertz CT molecular complexity index is 320. The molecule has 1 saturated carbocycles. The molecule has 0 amide bonds. The van der Waals surface area contributed by atoms with E-state index in [4.69, 9.17) is 0 Å². The first-order chi connectivity index (χ1) is 7.27. The Morgan fingerprint density at radius 1 is 1.40 bits per heavy atom. The molecule has 1 atom stereocenters. The van der Waals surface area contributed by atoms with Crippen LogP contribution in [0.2, 0.25) is 0 Å². The number of aryl methyl sites for hydroxylation is 1. The van der Waals surface area contributed by atoms with Gasteiger partial charge in [0.15, 0.2) is 0 Å². The van der Waals surface area contributed by atoms with Gasteiger partial charge in [-0.15, -0.1) is 0 Å². The average molecular weight is 205 g/mol. The van der Waals surface area contributed by atoms with Gasteiger partial charge in [0.2, 0.25) is 0 Å². The first kappa shape index (κ1) is 10.6. The van der Waals surface area contributed by atoms with E-state index in [1.807, 2.05) is 6.92 Å². The van der Waals surface area contributed by atoms with Crippen molar-refractivity contribution in [2.24, 2.45) is 5.92 Å². The summed E-state index contributed by atoms with van der Waals surface area (Å²) < 4.78 is 0. The van der Waals surface area contributed by atoms with E-state index >= 15 is 0 Å². The molecule has 1 aliphatic carbocycles. The van der Waals surface area contributed by atoms with Crippen LogP contribution in [0.1, 0.15) is 43.6 Å². The van der Waals surface area contributed by atoms with Crippen LogP contribution in [-0.2, 0) is 0 Å². The van der Waals surface area contributed by atoms with Crippen molar-refractivity contribution in [2.45, 2.75) is 39.2 Å². The highest BCUT2D eigenvalue weighted by atomic mass is 14.9. The van der Waals surface area contributed by atoms with Gasteiger partial charge >= 0.3 is 0 Å². The molecule has 3 heteroatoms. The first-order valence-corrected chi connectivity index (χ1v) is 5.78. The predicted octanol–water partition coefficient (Wildman–Crippen LogP) is 2.24. The van der Waals surface area contributed by atoms with Crippen molar-refractivity contribution < 1.29 is 0 Å². The molecule has 0 aromatic carbocycles. The van der Waals surface area contributed by atoms with Gasteiger partial charge in [-0.25, -0.2) is 0 Å². The van der Waals surface area contributed by atoms with Gasteiger partial charge in [-0.2, -0.15) is 0 Å². The molecule has 1 fully saturated rings. The van der Waals surface area contributed by atoms with Gasteiger partial charge in [0.1, 0.15) is 0 Å². The summed E-state index contributed by atoms with van der Waals surface area (Å²) in [5, 5.41) is 3.54. The molecule has 15 heavy (non-hydrogen) atoms. The zero-order valence-electron chi connectivity index (χ0n) is 9.53. The Labute approximate surface area is 91.3 Å². The van der Waals surface area contributed by atoms with Crippen molar-refractivity contribution in [3.8, 4) is 0 Å². The molecule has 2 rings (SSSR count). The number of aromatic nitrogens is 2. The lowest BCUT2D eigenvalue weighted by Gasteiger charge is -2.27. The highest BCUT2D eigenvalue weighted by molar-refractivity contribution is 5.12.